The maximum atomic E-state index is 14.1. The van der Waals surface area contributed by atoms with E-state index in [1.807, 2.05) is 6.07 Å². The SMILES string of the molecule is Cc1cc(F)cc(C)c1Oc1ccc(C(C)(C)O)cc1-c1cn(C)c(=O)cc1OC1CCC(N2C(=O)[C@@H]3CCCN3C2=O)CC1. The number of carbonyl (C=O) groups excluding carboxylic acids is 2. The van der Waals surface area contributed by atoms with Crippen LogP contribution in [0.15, 0.2) is 47.4 Å². The smallest absolute Gasteiger partial charge is 0.327 e. The van der Waals surface area contributed by atoms with Gasteiger partial charge < -0.3 is 24.0 Å². The van der Waals surface area contributed by atoms with Gasteiger partial charge in [-0.15, -0.1) is 0 Å². The van der Waals surface area contributed by atoms with E-state index < -0.39 is 5.60 Å². The maximum Gasteiger partial charge on any atom is 0.327 e. The first-order valence-corrected chi connectivity index (χ1v) is 15.6. The summed E-state index contributed by atoms with van der Waals surface area (Å²) in [4.78, 5) is 42.0. The summed E-state index contributed by atoms with van der Waals surface area (Å²) in [6, 6.07) is 9.00. The number of carbonyl (C=O) groups is 2. The standard InChI is InChI=1S/C35H40FN3O6/c1-20-15-23(36)16-21(2)32(20)45-29-13-8-22(35(3,4)43)17-26(29)27-19-37(5)31(40)18-30(27)44-25-11-9-24(10-12-25)39-33(41)28-7-6-14-38(28)34(39)42/h8,13,15-19,24-25,28,43H,6-7,9-12,14H2,1-5H3/t24?,25?,28-/m0/s1. The summed E-state index contributed by atoms with van der Waals surface area (Å²) in [5.74, 6) is 0.921. The molecule has 1 aliphatic carbocycles. The Bertz CT molecular complexity index is 1670. The van der Waals surface area contributed by atoms with Gasteiger partial charge in [0.05, 0.1) is 11.7 Å². The van der Waals surface area contributed by atoms with Crippen molar-refractivity contribution in [2.24, 2.45) is 7.05 Å². The number of aliphatic hydroxyl groups is 1. The van der Waals surface area contributed by atoms with E-state index >= 15 is 0 Å². The fourth-order valence-corrected chi connectivity index (χ4v) is 6.87. The van der Waals surface area contributed by atoms with E-state index in [1.165, 1.54) is 27.7 Å². The first-order chi connectivity index (χ1) is 21.3. The molecule has 3 aliphatic rings. The zero-order valence-corrected chi connectivity index (χ0v) is 26.4. The van der Waals surface area contributed by atoms with E-state index in [2.05, 4.69) is 0 Å². The van der Waals surface area contributed by atoms with Crippen molar-refractivity contribution in [1.82, 2.24) is 14.4 Å². The van der Waals surface area contributed by atoms with Gasteiger partial charge in [-0.2, -0.15) is 0 Å². The lowest BCUT2D eigenvalue weighted by atomic mass is 9.91. The number of aromatic nitrogens is 1. The third kappa shape index (κ3) is 5.83. The van der Waals surface area contributed by atoms with Gasteiger partial charge in [0, 0.05) is 43.0 Å². The Morgan fingerprint density at radius 1 is 0.911 bits per heavy atom. The van der Waals surface area contributed by atoms with Crippen LogP contribution in [0.3, 0.4) is 0 Å². The molecule has 3 fully saturated rings. The number of amides is 3. The predicted molar refractivity (Wildman–Crippen MR) is 167 cm³/mol. The number of fused-ring (bicyclic) bond motifs is 1. The van der Waals surface area contributed by atoms with E-state index in [4.69, 9.17) is 9.47 Å². The van der Waals surface area contributed by atoms with Gasteiger partial charge in [-0.25, -0.2) is 9.18 Å². The molecule has 0 radical (unpaired) electrons. The van der Waals surface area contributed by atoms with Gasteiger partial charge in [-0.1, -0.05) is 6.07 Å². The van der Waals surface area contributed by atoms with E-state index in [0.29, 0.717) is 77.3 Å². The zero-order chi connectivity index (χ0) is 32.2. The van der Waals surface area contributed by atoms with Crippen LogP contribution in [0.1, 0.15) is 69.1 Å². The molecule has 3 aromatic rings. The van der Waals surface area contributed by atoms with E-state index in [9.17, 15) is 23.9 Å². The molecule has 45 heavy (non-hydrogen) atoms. The maximum absolute atomic E-state index is 14.1. The highest BCUT2D eigenvalue weighted by atomic mass is 19.1. The molecule has 2 aromatic carbocycles. The molecular formula is C35H40FN3O6. The zero-order valence-electron chi connectivity index (χ0n) is 26.4. The van der Waals surface area contributed by atoms with Crippen LogP contribution in [0.25, 0.3) is 11.1 Å². The predicted octanol–water partition coefficient (Wildman–Crippen LogP) is 5.94. The molecule has 10 heteroatoms. The van der Waals surface area contributed by atoms with Crippen LogP contribution in [-0.2, 0) is 17.4 Å². The first kappa shape index (κ1) is 30.8. The number of urea groups is 1. The lowest BCUT2D eigenvalue weighted by Crippen LogP contribution is -2.44. The second-order valence-corrected chi connectivity index (χ2v) is 13.1. The normalized spacial score (nSPS) is 21.8. The van der Waals surface area contributed by atoms with Gasteiger partial charge in [0.1, 0.15) is 29.1 Å². The number of nitrogens with zero attached hydrogens (tertiary/aromatic N) is 3. The summed E-state index contributed by atoms with van der Waals surface area (Å²) in [5.41, 5.74) is 1.70. The van der Waals surface area contributed by atoms with Gasteiger partial charge >= 0.3 is 6.03 Å². The first-order valence-electron chi connectivity index (χ1n) is 15.6. The number of benzene rings is 2. The fraction of sp³-hybridized carbons (Fsp3) is 0.457. The number of rotatable bonds is 7. The van der Waals surface area contributed by atoms with Crippen molar-refractivity contribution < 1.29 is 28.6 Å². The minimum Gasteiger partial charge on any atom is -0.490 e. The number of hydrogen-bond acceptors (Lipinski definition) is 6. The summed E-state index contributed by atoms with van der Waals surface area (Å²) >= 11 is 0. The van der Waals surface area contributed by atoms with Gasteiger partial charge in [0.25, 0.3) is 11.5 Å². The summed E-state index contributed by atoms with van der Waals surface area (Å²) in [5, 5.41) is 10.9. The van der Waals surface area contributed by atoms with Crippen molar-refractivity contribution in [3.8, 4) is 28.4 Å². The van der Waals surface area contributed by atoms with Crippen molar-refractivity contribution >= 4 is 11.9 Å². The van der Waals surface area contributed by atoms with Crippen molar-refractivity contribution in [2.45, 2.75) is 90.0 Å². The number of imide groups is 1. The van der Waals surface area contributed by atoms with Gasteiger partial charge in [-0.3, -0.25) is 14.5 Å². The Morgan fingerprint density at radius 2 is 1.60 bits per heavy atom. The molecule has 0 spiro atoms. The topological polar surface area (TPSA) is 101 Å². The molecule has 9 nitrogen and oxygen atoms in total. The molecule has 2 aliphatic heterocycles. The van der Waals surface area contributed by atoms with E-state index in [1.54, 1.807) is 58.0 Å². The summed E-state index contributed by atoms with van der Waals surface area (Å²) in [7, 11) is 1.66. The van der Waals surface area contributed by atoms with Gasteiger partial charge in [-0.05, 0) is 107 Å². The van der Waals surface area contributed by atoms with Crippen molar-refractivity contribution in [2.75, 3.05) is 6.54 Å². The second kappa shape index (κ2) is 11.6. The summed E-state index contributed by atoms with van der Waals surface area (Å²) < 4.78 is 28.5. The van der Waals surface area contributed by atoms with E-state index in [-0.39, 0.29) is 41.5 Å². The molecule has 1 N–H and O–H groups in total. The number of pyridine rings is 1. The molecule has 3 amide bonds. The Labute approximate surface area is 262 Å². The van der Waals surface area contributed by atoms with Crippen LogP contribution in [0, 0.1) is 19.7 Å². The van der Waals surface area contributed by atoms with Crippen LogP contribution in [0.5, 0.6) is 17.2 Å². The molecule has 238 valence electrons. The molecule has 3 heterocycles. The highest BCUT2D eigenvalue weighted by Gasteiger charge is 2.50. The lowest BCUT2D eigenvalue weighted by Gasteiger charge is -2.34. The highest BCUT2D eigenvalue weighted by Crippen LogP contribution is 2.43. The summed E-state index contributed by atoms with van der Waals surface area (Å²) in [6.07, 6.45) is 5.52. The van der Waals surface area contributed by atoms with Crippen LogP contribution < -0.4 is 15.0 Å². The second-order valence-electron chi connectivity index (χ2n) is 13.1. The largest absolute Gasteiger partial charge is 0.490 e. The van der Waals surface area contributed by atoms with Gasteiger partial charge in [0.15, 0.2) is 0 Å². The molecule has 1 aromatic heterocycles. The highest BCUT2D eigenvalue weighted by molar-refractivity contribution is 6.04. The van der Waals surface area contributed by atoms with Crippen molar-refractivity contribution in [3.05, 3.63) is 75.5 Å². The van der Waals surface area contributed by atoms with Crippen LogP contribution in [-0.4, -0.2) is 56.1 Å². The number of halogens is 1. The molecule has 6 rings (SSSR count). The molecule has 2 saturated heterocycles. The quantitative estimate of drug-likeness (QED) is 0.329. The monoisotopic (exact) mass is 617 g/mol. The average molecular weight is 618 g/mol. The molecular weight excluding hydrogens is 577 g/mol. The van der Waals surface area contributed by atoms with Crippen LogP contribution in [0.4, 0.5) is 9.18 Å². The average Bonchev–Trinajstić information content (AvgIpc) is 3.55. The number of aryl methyl sites for hydroxylation is 3. The Kier molecular flexibility index (Phi) is 7.97. The Balaban J connectivity index is 1.31. The van der Waals surface area contributed by atoms with E-state index in [0.717, 1.165) is 12.8 Å². The third-order valence-corrected chi connectivity index (χ3v) is 9.33. The Morgan fingerprint density at radius 3 is 2.24 bits per heavy atom. The van der Waals surface area contributed by atoms with Crippen molar-refractivity contribution in [1.29, 1.82) is 0 Å². The lowest BCUT2D eigenvalue weighted by molar-refractivity contribution is -0.130. The minimum atomic E-state index is -1.16. The van der Waals surface area contributed by atoms with Crippen LogP contribution in [0.2, 0.25) is 0 Å². The van der Waals surface area contributed by atoms with Crippen LogP contribution >= 0.6 is 0 Å². The molecule has 1 atom stereocenters. The van der Waals surface area contributed by atoms with Crippen molar-refractivity contribution in [3.63, 3.8) is 0 Å². The molecule has 0 unspecified atom stereocenters. The third-order valence-electron chi connectivity index (χ3n) is 9.33. The molecule has 1 saturated carbocycles. The summed E-state index contributed by atoms with van der Waals surface area (Å²) in [6.45, 7) is 7.58. The minimum absolute atomic E-state index is 0.0819. The number of ether oxygens (including phenoxy) is 2. The molecule has 0 bridgehead atoms. The Hall–Kier alpha value is -4.18. The number of hydrogen-bond donors (Lipinski definition) is 1. The fourth-order valence-electron chi connectivity index (χ4n) is 6.87. The van der Waals surface area contributed by atoms with Gasteiger partial charge in [0.2, 0.25) is 0 Å².